The molecule has 2 heterocycles. The fourth-order valence-corrected chi connectivity index (χ4v) is 5.03. The second kappa shape index (κ2) is 6.31. The van der Waals surface area contributed by atoms with E-state index in [2.05, 4.69) is 67.0 Å². The van der Waals surface area contributed by atoms with Crippen LogP contribution >= 0.6 is 11.8 Å². The smallest absolute Gasteiger partial charge is 0.0304 e. The highest BCUT2D eigenvalue weighted by Crippen LogP contribution is 2.37. The molecule has 2 atom stereocenters. The summed E-state index contributed by atoms with van der Waals surface area (Å²) in [4.78, 5) is 4.23. The van der Waals surface area contributed by atoms with Gasteiger partial charge >= 0.3 is 0 Å². The number of nitrogens with one attached hydrogen (secondary N) is 1. The monoisotopic (exact) mass is 304 g/mol. The fourth-order valence-electron chi connectivity index (χ4n) is 3.68. The lowest BCUT2D eigenvalue weighted by Crippen LogP contribution is -2.63. The number of fused-ring (bicyclic) bond motifs is 1. The van der Waals surface area contributed by atoms with E-state index in [-0.39, 0.29) is 0 Å². The van der Waals surface area contributed by atoms with Crippen LogP contribution in [0.5, 0.6) is 0 Å². The van der Waals surface area contributed by atoms with Crippen LogP contribution in [0.3, 0.4) is 0 Å². The van der Waals surface area contributed by atoms with E-state index in [9.17, 15) is 0 Å². The lowest BCUT2D eigenvalue weighted by atomic mass is 9.88. The van der Waals surface area contributed by atoms with E-state index in [1.165, 1.54) is 37.2 Å². The van der Waals surface area contributed by atoms with Gasteiger partial charge in [0.15, 0.2) is 0 Å². The Labute approximate surface area is 133 Å². The number of benzene rings is 1. The number of piperazine rings is 1. The molecule has 2 aliphatic heterocycles. The molecule has 1 aromatic carbocycles. The van der Waals surface area contributed by atoms with Gasteiger partial charge in [0.2, 0.25) is 0 Å². The SMILES string of the molecule is CCC1(CC)CN(CC2Cc3ccccc3S2)C(C)CN1. The Kier molecular flexibility index (Phi) is 4.63. The van der Waals surface area contributed by atoms with Crippen molar-refractivity contribution in [1.29, 1.82) is 0 Å². The van der Waals surface area contributed by atoms with Crippen LogP contribution in [0, 0.1) is 0 Å². The molecular formula is C18H28N2S. The second-order valence-electron chi connectivity index (χ2n) is 6.70. The molecule has 21 heavy (non-hydrogen) atoms. The van der Waals surface area contributed by atoms with Crippen LogP contribution in [-0.2, 0) is 6.42 Å². The normalized spacial score (nSPS) is 28.5. The summed E-state index contributed by atoms with van der Waals surface area (Å²) in [6.07, 6.45) is 3.69. The highest BCUT2D eigenvalue weighted by Gasteiger charge is 2.36. The molecule has 0 radical (unpaired) electrons. The van der Waals surface area contributed by atoms with Gasteiger partial charge in [0.05, 0.1) is 0 Å². The molecule has 1 aromatic rings. The van der Waals surface area contributed by atoms with Gasteiger partial charge in [0.25, 0.3) is 0 Å². The summed E-state index contributed by atoms with van der Waals surface area (Å²) in [7, 11) is 0. The summed E-state index contributed by atoms with van der Waals surface area (Å²) in [5, 5.41) is 4.54. The Bertz CT molecular complexity index is 459. The zero-order valence-corrected chi connectivity index (χ0v) is 14.4. The third kappa shape index (κ3) is 3.15. The largest absolute Gasteiger partial charge is 0.308 e. The third-order valence-electron chi connectivity index (χ3n) is 5.41. The maximum atomic E-state index is 3.81. The van der Waals surface area contributed by atoms with Gasteiger partial charge in [-0.2, -0.15) is 0 Å². The van der Waals surface area contributed by atoms with Crippen molar-refractivity contribution in [3.8, 4) is 0 Å². The molecule has 0 aliphatic carbocycles. The molecule has 0 aromatic heterocycles. The number of nitrogens with zero attached hydrogens (tertiary/aromatic N) is 1. The highest BCUT2D eigenvalue weighted by molar-refractivity contribution is 8.00. The molecule has 0 spiro atoms. The minimum Gasteiger partial charge on any atom is -0.308 e. The standard InChI is InChI=1S/C18H28N2S/c1-4-18(5-2)13-20(14(3)11-19-18)12-16-10-15-8-6-7-9-17(15)21-16/h6-9,14,16,19H,4-5,10-13H2,1-3H3. The molecule has 2 unspecified atom stereocenters. The van der Waals surface area contributed by atoms with E-state index in [0.717, 1.165) is 11.8 Å². The van der Waals surface area contributed by atoms with Crippen LogP contribution in [0.1, 0.15) is 39.2 Å². The van der Waals surface area contributed by atoms with Gasteiger partial charge in [-0.15, -0.1) is 11.8 Å². The maximum absolute atomic E-state index is 3.81. The maximum Gasteiger partial charge on any atom is 0.0304 e. The Morgan fingerprint density at radius 2 is 2.05 bits per heavy atom. The highest BCUT2D eigenvalue weighted by atomic mass is 32.2. The van der Waals surface area contributed by atoms with Gasteiger partial charge in [-0.3, -0.25) is 4.90 Å². The number of hydrogen-bond donors (Lipinski definition) is 1. The van der Waals surface area contributed by atoms with E-state index in [0.29, 0.717) is 11.6 Å². The molecule has 1 N–H and O–H groups in total. The van der Waals surface area contributed by atoms with Gasteiger partial charge < -0.3 is 5.32 Å². The van der Waals surface area contributed by atoms with Crippen molar-refractivity contribution in [2.45, 2.75) is 61.8 Å². The first-order chi connectivity index (χ1) is 10.2. The predicted octanol–water partition coefficient (Wildman–Crippen LogP) is 3.56. The van der Waals surface area contributed by atoms with E-state index in [1.54, 1.807) is 5.56 Å². The fraction of sp³-hybridized carbons (Fsp3) is 0.667. The average Bonchev–Trinajstić information content (AvgIpc) is 2.92. The van der Waals surface area contributed by atoms with E-state index in [4.69, 9.17) is 0 Å². The first kappa shape index (κ1) is 15.4. The molecule has 0 saturated carbocycles. The zero-order valence-electron chi connectivity index (χ0n) is 13.6. The van der Waals surface area contributed by atoms with Crippen LogP contribution in [-0.4, -0.2) is 41.4 Å². The van der Waals surface area contributed by atoms with Gasteiger partial charge in [-0.1, -0.05) is 32.0 Å². The molecular weight excluding hydrogens is 276 g/mol. The quantitative estimate of drug-likeness (QED) is 0.916. The topological polar surface area (TPSA) is 15.3 Å². The van der Waals surface area contributed by atoms with Crippen molar-refractivity contribution in [3.63, 3.8) is 0 Å². The summed E-state index contributed by atoms with van der Waals surface area (Å²) >= 11 is 2.09. The molecule has 1 saturated heterocycles. The Hall–Kier alpha value is -0.510. The molecule has 0 amide bonds. The molecule has 0 bridgehead atoms. The van der Waals surface area contributed by atoms with Gasteiger partial charge in [0, 0.05) is 41.4 Å². The third-order valence-corrected chi connectivity index (χ3v) is 6.71. The van der Waals surface area contributed by atoms with Crippen molar-refractivity contribution in [2.24, 2.45) is 0 Å². The number of thioether (sulfide) groups is 1. The molecule has 1 fully saturated rings. The lowest BCUT2D eigenvalue weighted by molar-refractivity contribution is 0.0815. The van der Waals surface area contributed by atoms with Crippen molar-refractivity contribution in [3.05, 3.63) is 29.8 Å². The minimum atomic E-state index is 0.336. The first-order valence-electron chi connectivity index (χ1n) is 8.39. The summed E-state index contributed by atoms with van der Waals surface area (Å²) in [6.45, 7) is 10.6. The molecule has 116 valence electrons. The van der Waals surface area contributed by atoms with Crippen LogP contribution in [0.15, 0.2) is 29.2 Å². The first-order valence-corrected chi connectivity index (χ1v) is 9.27. The van der Waals surface area contributed by atoms with Crippen LogP contribution in [0.25, 0.3) is 0 Å². The van der Waals surface area contributed by atoms with E-state index < -0.39 is 0 Å². The van der Waals surface area contributed by atoms with Crippen LogP contribution in [0.4, 0.5) is 0 Å². The van der Waals surface area contributed by atoms with Gasteiger partial charge in [-0.05, 0) is 37.8 Å². The molecule has 3 rings (SSSR count). The van der Waals surface area contributed by atoms with Gasteiger partial charge in [-0.25, -0.2) is 0 Å². The van der Waals surface area contributed by atoms with Gasteiger partial charge in [0.1, 0.15) is 0 Å². The van der Waals surface area contributed by atoms with Crippen LogP contribution in [0.2, 0.25) is 0 Å². The zero-order chi connectivity index (χ0) is 14.9. The van der Waals surface area contributed by atoms with Crippen molar-refractivity contribution < 1.29 is 0 Å². The molecule has 2 aliphatic rings. The van der Waals surface area contributed by atoms with E-state index in [1.807, 2.05) is 0 Å². The van der Waals surface area contributed by atoms with Crippen LogP contribution < -0.4 is 5.32 Å². The number of rotatable bonds is 4. The van der Waals surface area contributed by atoms with Crippen molar-refractivity contribution in [1.82, 2.24) is 10.2 Å². The predicted molar refractivity (Wildman–Crippen MR) is 92.1 cm³/mol. The average molecular weight is 305 g/mol. The number of hydrogen-bond acceptors (Lipinski definition) is 3. The molecule has 2 nitrogen and oxygen atoms in total. The van der Waals surface area contributed by atoms with E-state index >= 15 is 0 Å². The summed E-state index contributed by atoms with van der Waals surface area (Å²) in [5.41, 5.74) is 1.88. The summed E-state index contributed by atoms with van der Waals surface area (Å²) in [5.74, 6) is 0. The Morgan fingerprint density at radius 3 is 2.76 bits per heavy atom. The van der Waals surface area contributed by atoms with Crippen molar-refractivity contribution >= 4 is 11.8 Å². The second-order valence-corrected chi connectivity index (χ2v) is 8.04. The Morgan fingerprint density at radius 1 is 1.29 bits per heavy atom. The minimum absolute atomic E-state index is 0.336. The summed E-state index contributed by atoms with van der Waals surface area (Å²) < 4.78 is 0. The Balaban J connectivity index is 1.65. The van der Waals surface area contributed by atoms with Crippen molar-refractivity contribution in [2.75, 3.05) is 19.6 Å². The molecule has 3 heteroatoms. The summed E-state index contributed by atoms with van der Waals surface area (Å²) in [6, 6.07) is 9.57. The lowest BCUT2D eigenvalue weighted by Gasteiger charge is -2.47.